The Morgan fingerprint density at radius 3 is 1.85 bits per heavy atom. The molecule has 0 aromatic heterocycles. The average molecular weight is 463 g/mol. The maximum absolute atomic E-state index is 13.1. The van der Waals surface area contributed by atoms with Crippen molar-refractivity contribution in [2.45, 2.75) is 137 Å². The molecule has 2 aliphatic rings. The van der Waals surface area contributed by atoms with Crippen LogP contribution in [-0.2, 0) is 4.79 Å². The van der Waals surface area contributed by atoms with Crippen molar-refractivity contribution in [2.24, 2.45) is 17.3 Å². The molecule has 0 radical (unpaired) electrons. The molecule has 0 bridgehead atoms. The lowest BCUT2D eigenvalue weighted by Gasteiger charge is -2.47. The number of nitrogens with zero attached hydrogens (tertiary/aromatic N) is 2. The summed E-state index contributed by atoms with van der Waals surface area (Å²) in [6.45, 7) is 15.1. The minimum absolute atomic E-state index is 0.270. The molecule has 3 nitrogen and oxygen atoms in total. The first kappa shape index (κ1) is 28.7. The summed E-state index contributed by atoms with van der Waals surface area (Å²) in [5.74, 6) is 1.63. The van der Waals surface area contributed by atoms with Gasteiger partial charge in [0.2, 0.25) is 5.91 Å². The van der Waals surface area contributed by atoms with Gasteiger partial charge in [-0.3, -0.25) is 4.79 Å². The Labute approximate surface area is 207 Å². The number of unbranched alkanes of at least 4 members (excludes halogenated alkanes) is 6. The molecule has 0 aliphatic carbocycles. The number of amides is 1. The molecular formula is C30H58N2O. The van der Waals surface area contributed by atoms with Crippen LogP contribution in [0.1, 0.15) is 137 Å². The number of piperidine rings is 2. The number of hydrogen-bond acceptors (Lipinski definition) is 2. The van der Waals surface area contributed by atoms with Crippen LogP contribution in [0.4, 0.5) is 0 Å². The van der Waals surface area contributed by atoms with Gasteiger partial charge in [0, 0.05) is 19.0 Å². The summed E-state index contributed by atoms with van der Waals surface area (Å²) in [7, 11) is 0. The van der Waals surface area contributed by atoms with Gasteiger partial charge in [0.15, 0.2) is 0 Å². The average Bonchev–Trinajstić information content (AvgIpc) is 2.83. The van der Waals surface area contributed by atoms with Crippen LogP contribution in [0.2, 0.25) is 0 Å². The van der Waals surface area contributed by atoms with E-state index in [-0.39, 0.29) is 5.92 Å². The fourth-order valence-corrected chi connectivity index (χ4v) is 6.26. The molecule has 2 saturated heterocycles. The normalized spacial score (nSPS) is 20.8. The molecular weight excluding hydrogens is 404 g/mol. The highest BCUT2D eigenvalue weighted by atomic mass is 16.2. The molecule has 1 spiro atoms. The van der Waals surface area contributed by atoms with E-state index in [9.17, 15) is 4.79 Å². The molecule has 2 fully saturated rings. The monoisotopic (exact) mass is 462 g/mol. The lowest BCUT2D eigenvalue weighted by atomic mass is 9.71. The van der Waals surface area contributed by atoms with Crippen molar-refractivity contribution >= 4 is 5.91 Å². The standard InChI is InChI=1S/C30H58N2O/c1-5-8-10-12-15-27(4)16-14-22-31-23-18-30(19-24-31)20-25-32(26-21-30)29(33)28(7-3)17-13-11-9-6-2/h27-28H,5-26H2,1-4H3. The van der Waals surface area contributed by atoms with Crippen molar-refractivity contribution in [3.8, 4) is 0 Å². The van der Waals surface area contributed by atoms with Crippen molar-refractivity contribution < 1.29 is 4.79 Å². The quantitative estimate of drug-likeness (QED) is 0.216. The molecule has 2 heterocycles. The van der Waals surface area contributed by atoms with Gasteiger partial charge < -0.3 is 9.80 Å². The van der Waals surface area contributed by atoms with Gasteiger partial charge in [-0.15, -0.1) is 0 Å². The summed E-state index contributed by atoms with van der Waals surface area (Å²) in [5, 5.41) is 0. The number of rotatable bonds is 16. The van der Waals surface area contributed by atoms with Crippen LogP contribution in [0.5, 0.6) is 0 Å². The molecule has 2 aliphatic heterocycles. The summed E-state index contributed by atoms with van der Waals surface area (Å²) in [4.78, 5) is 18.1. The van der Waals surface area contributed by atoms with E-state index >= 15 is 0 Å². The van der Waals surface area contributed by atoms with Crippen LogP contribution in [0.25, 0.3) is 0 Å². The van der Waals surface area contributed by atoms with Gasteiger partial charge in [0.25, 0.3) is 0 Å². The van der Waals surface area contributed by atoms with E-state index in [1.165, 1.54) is 116 Å². The van der Waals surface area contributed by atoms with Crippen molar-refractivity contribution in [3.05, 3.63) is 0 Å². The molecule has 0 saturated carbocycles. The summed E-state index contributed by atoms with van der Waals surface area (Å²) < 4.78 is 0. The van der Waals surface area contributed by atoms with Gasteiger partial charge >= 0.3 is 0 Å². The van der Waals surface area contributed by atoms with Crippen LogP contribution < -0.4 is 0 Å². The van der Waals surface area contributed by atoms with Crippen molar-refractivity contribution in [3.63, 3.8) is 0 Å². The summed E-state index contributed by atoms with van der Waals surface area (Å²) in [6, 6.07) is 0. The van der Waals surface area contributed by atoms with Crippen LogP contribution in [0, 0.1) is 17.3 Å². The van der Waals surface area contributed by atoms with E-state index in [4.69, 9.17) is 0 Å². The van der Waals surface area contributed by atoms with Crippen LogP contribution in [0.15, 0.2) is 0 Å². The highest BCUT2D eigenvalue weighted by molar-refractivity contribution is 5.78. The maximum Gasteiger partial charge on any atom is 0.225 e. The Kier molecular flexibility index (Phi) is 14.0. The van der Waals surface area contributed by atoms with E-state index in [0.717, 1.165) is 31.8 Å². The highest BCUT2D eigenvalue weighted by Gasteiger charge is 2.39. The molecule has 33 heavy (non-hydrogen) atoms. The minimum Gasteiger partial charge on any atom is -0.342 e. The number of hydrogen-bond donors (Lipinski definition) is 0. The van der Waals surface area contributed by atoms with E-state index in [1.54, 1.807) is 0 Å². The van der Waals surface area contributed by atoms with Crippen LogP contribution in [0.3, 0.4) is 0 Å². The predicted molar refractivity (Wildman–Crippen MR) is 144 cm³/mol. The van der Waals surface area contributed by atoms with Gasteiger partial charge in [-0.2, -0.15) is 0 Å². The van der Waals surface area contributed by atoms with Crippen LogP contribution >= 0.6 is 0 Å². The summed E-state index contributed by atoms with van der Waals surface area (Å²) in [5.41, 5.74) is 0.530. The van der Waals surface area contributed by atoms with Crippen LogP contribution in [-0.4, -0.2) is 48.4 Å². The molecule has 1 amide bonds. The van der Waals surface area contributed by atoms with Gasteiger partial charge in [-0.05, 0) is 82.3 Å². The van der Waals surface area contributed by atoms with Gasteiger partial charge in [-0.25, -0.2) is 0 Å². The molecule has 2 rings (SSSR count). The molecule has 0 N–H and O–H groups in total. The van der Waals surface area contributed by atoms with Crippen molar-refractivity contribution in [1.29, 1.82) is 0 Å². The smallest absolute Gasteiger partial charge is 0.225 e. The van der Waals surface area contributed by atoms with Gasteiger partial charge in [0.1, 0.15) is 0 Å². The highest BCUT2D eigenvalue weighted by Crippen LogP contribution is 2.41. The first-order valence-corrected chi connectivity index (χ1v) is 15.0. The molecule has 2 unspecified atom stereocenters. The van der Waals surface area contributed by atoms with Gasteiger partial charge in [-0.1, -0.05) is 85.5 Å². The SMILES string of the molecule is CCCCCCC(C)CCCN1CCC2(CC1)CCN(C(=O)C(CC)CCCCCC)CC2. The maximum atomic E-state index is 13.1. The molecule has 3 heteroatoms. The fraction of sp³-hybridized carbons (Fsp3) is 0.967. The van der Waals surface area contributed by atoms with E-state index in [1.807, 2.05) is 0 Å². The zero-order valence-electron chi connectivity index (χ0n) is 23.0. The minimum atomic E-state index is 0.270. The lowest BCUT2D eigenvalue weighted by molar-refractivity contribution is -0.138. The first-order valence-electron chi connectivity index (χ1n) is 15.0. The Balaban J connectivity index is 1.62. The third kappa shape index (κ3) is 10.3. The molecule has 194 valence electrons. The second-order valence-electron chi connectivity index (χ2n) is 11.7. The number of carbonyl (C=O) groups excluding carboxylic acids is 1. The second-order valence-corrected chi connectivity index (χ2v) is 11.7. The first-order chi connectivity index (χ1) is 16.0. The van der Waals surface area contributed by atoms with Crippen molar-refractivity contribution in [1.82, 2.24) is 9.80 Å². The zero-order valence-corrected chi connectivity index (χ0v) is 23.0. The molecule has 0 aromatic carbocycles. The molecule has 2 atom stereocenters. The second kappa shape index (κ2) is 16.2. The fourth-order valence-electron chi connectivity index (χ4n) is 6.26. The Hall–Kier alpha value is -0.570. The summed E-state index contributed by atoms with van der Waals surface area (Å²) >= 11 is 0. The zero-order chi connectivity index (χ0) is 23.9. The third-order valence-electron chi connectivity index (χ3n) is 9.02. The summed E-state index contributed by atoms with van der Waals surface area (Å²) in [6.07, 6.45) is 22.2. The predicted octanol–water partition coefficient (Wildman–Crippen LogP) is 8.07. The Bertz CT molecular complexity index is 501. The van der Waals surface area contributed by atoms with Crippen molar-refractivity contribution in [2.75, 3.05) is 32.7 Å². The number of likely N-dealkylation sites (tertiary alicyclic amines) is 2. The van der Waals surface area contributed by atoms with E-state index in [2.05, 4.69) is 37.5 Å². The van der Waals surface area contributed by atoms with Gasteiger partial charge in [0.05, 0.1) is 0 Å². The Morgan fingerprint density at radius 2 is 1.27 bits per heavy atom. The lowest BCUT2D eigenvalue weighted by Crippen LogP contribution is -2.49. The third-order valence-corrected chi connectivity index (χ3v) is 9.02. The topological polar surface area (TPSA) is 23.6 Å². The largest absolute Gasteiger partial charge is 0.342 e. The van der Waals surface area contributed by atoms with E-state index < -0.39 is 0 Å². The number of carbonyl (C=O) groups is 1. The molecule has 0 aromatic rings. The Morgan fingerprint density at radius 1 is 0.727 bits per heavy atom. The van der Waals surface area contributed by atoms with E-state index in [0.29, 0.717) is 11.3 Å².